The highest BCUT2D eigenvalue weighted by atomic mass is 19.1. The van der Waals surface area contributed by atoms with E-state index in [-0.39, 0.29) is 11.2 Å². The molecule has 1 aromatic rings. The molecule has 0 saturated heterocycles. The Kier molecular flexibility index (Phi) is 4.52. The van der Waals surface area contributed by atoms with Crippen molar-refractivity contribution < 1.29 is 4.39 Å². The third-order valence-electron chi connectivity index (χ3n) is 3.86. The first kappa shape index (κ1) is 13.2. The third-order valence-corrected chi connectivity index (χ3v) is 3.86. The fourth-order valence-electron chi connectivity index (χ4n) is 2.83. The van der Waals surface area contributed by atoms with Gasteiger partial charge in [0, 0.05) is 0 Å². The first-order valence-electron chi connectivity index (χ1n) is 6.51. The molecule has 0 radical (unpaired) electrons. The van der Waals surface area contributed by atoms with E-state index in [9.17, 15) is 4.39 Å². The molecule has 16 heavy (non-hydrogen) atoms. The summed E-state index contributed by atoms with van der Waals surface area (Å²) in [6, 6.07) is 5.51. The van der Waals surface area contributed by atoms with Gasteiger partial charge < -0.3 is 0 Å². The summed E-state index contributed by atoms with van der Waals surface area (Å²) in [5, 5.41) is 0. The normalized spacial score (nSPS) is 16.3. The summed E-state index contributed by atoms with van der Waals surface area (Å²) < 4.78 is 13.8. The van der Waals surface area contributed by atoms with Crippen LogP contribution in [0.25, 0.3) is 0 Å². The van der Waals surface area contributed by atoms with E-state index in [0.717, 1.165) is 31.2 Å². The number of hydrogen-bond donors (Lipinski definition) is 0. The van der Waals surface area contributed by atoms with Gasteiger partial charge in [0.2, 0.25) is 0 Å². The van der Waals surface area contributed by atoms with E-state index in [1.54, 1.807) is 6.07 Å². The van der Waals surface area contributed by atoms with Crippen molar-refractivity contribution in [3.8, 4) is 0 Å². The van der Waals surface area contributed by atoms with Crippen molar-refractivity contribution in [2.45, 2.75) is 58.8 Å². The molecule has 1 aromatic carbocycles. The molecule has 0 nitrogen and oxygen atoms in total. The fourth-order valence-corrected chi connectivity index (χ4v) is 2.83. The van der Waals surface area contributed by atoms with Crippen LogP contribution in [-0.2, 0) is 11.8 Å². The van der Waals surface area contributed by atoms with E-state index in [4.69, 9.17) is 0 Å². The van der Waals surface area contributed by atoms with Crippen LogP contribution in [0.5, 0.6) is 0 Å². The lowest BCUT2D eigenvalue weighted by Gasteiger charge is -2.27. The van der Waals surface area contributed by atoms with Gasteiger partial charge in [0.15, 0.2) is 0 Å². The molecule has 1 aliphatic rings. The molecule has 1 heteroatoms. The van der Waals surface area contributed by atoms with Gasteiger partial charge >= 0.3 is 0 Å². The second kappa shape index (κ2) is 5.47. The van der Waals surface area contributed by atoms with Crippen molar-refractivity contribution in [3.05, 3.63) is 35.1 Å². The van der Waals surface area contributed by atoms with Crippen LogP contribution >= 0.6 is 0 Å². The van der Waals surface area contributed by atoms with E-state index in [0.29, 0.717) is 0 Å². The Morgan fingerprint density at radius 1 is 1.19 bits per heavy atom. The van der Waals surface area contributed by atoms with Crippen molar-refractivity contribution in [1.82, 2.24) is 0 Å². The number of rotatable bonds is 2. The molecule has 2 rings (SSSR count). The zero-order chi connectivity index (χ0) is 12.2. The molecule has 0 bridgehead atoms. The molecule has 0 spiro atoms. The molecule has 0 aliphatic heterocycles. The summed E-state index contributed by atoms with van der Waals surface area (Å²) in [5.74, 6) is 0.00343. The second-order valence-corrected chi connectivity index (χ2v) is 4.26. The molecule has 0 atom stereocenters. The largest absolute Gasteiger partial charge is 0.207 e. The van der Waals surface area contributed by atoms with Crippen LogP contribution in [-0.4, -0.2) is 0 Å². The maximum absolute atomic E-state index is 13.8. The minimum atomic E-state index is 0.00343. The quantitative estimate of drug-likeness (QED) is 0.670. The second-order valence-electron chi connectivity index (χ2n) is 4.26. The molecule has 0 N–H and O–H groups in total. The van der Waals surface area contributed by atoms with Gasteiger partial charge in [0.25, 0.3) is 0 Å². The summed E-state index contributed by atoms with van der Waals surface area (Å²) in [7, 11) is 0. The monoisotopic (exact) mass is 222 g/mol. The van der Waals surface area contributed by atoms with E-state index in [2.05, 4.69) is 19.9 Å². The summed E-state index contributed by atoms with van der Waals surface area (Å²) in [6.45, 7) is 8.34. The van der Waals surface area contributed by atoms with Crippen molar-refractivity contribution in [2.75, 3.05) is 0 Å². The number of fused-ring (bicyclic) bond motifs is 1. The number of halogens is 1. The molecule has 1 aliphatic carbocycles. The Bertz CT molecular complexity index is 337. The average molecular weight is 222 g/mol. The molecular weight excluding hydrogens is 199 g/mol. The van der Waals surface area contributed by atoms with E-state index in [1.807, 2.05) is 19.9 Å². The molecule has 0 saturated carbocycles. The standard InChI is InChI=1S/C13H17F.C2H6/c1-3-13(4-2)9-8-10-6-5-7-11(14)12(10)13;1-2/h5-7H,3-4,8-9H2,1-2H3;1-2H3. The highest BCUT2D eigenvalue weighted by molar-refractivity contribution is 5.40. The van der Waals surface area contributed by atoms with Crippen LogP contribution in [0.3, 0.4) is 0 Å². The smallest absolute Gasteiger partial charge is 0.127 e. The van der Waals surface area contributed by atoms with Crippen LogP contribution in [0.2, 0.25) is 0 Å². The highest BCUT2D eigenvalue weighted by Gasteiger charge is 2.37. The number of aryl methyl sites for hydroxylation is 1. The van der Waals surface area contributed by atoms with Crippen molar-refractivity contribution in [1.29, 1.82) is 0 Å². The van der Waals surface area contributed by atoms with E-state index < -0.39 is 0 Å². The molecule has 0 fully saturated rings. The molecule has 0 unspecified atom stereocenters. The first-order chi connectivity index (χ1) is 7.73. The predicted molar refractivity (Wildman–Crippen MR) is 68.3 cm³/mol. The minimum Gasteiger partial charge on any atom is -0.207 e. The lowest BCUT2D eigenvalue weighted by Crippen LogP contribution is -2.21. The summed E-state index contributed by atoms with van der Waals surface area (Å²) in [4.78, 5) is 0. The van der Waals surface area contributed by atoms with Crippen LogP contribution < -0.4 is 0 Å². The van der Waals surface area contributed by atoms with E-state index >= 15 is 0 Å². The Balaban J connectivity index is 0.000000606. The maximum atomic E-state index is 13.8. The van der Waals surface area contributed by atoms with Gasteiger partial charge in [0.05, 0.1) is 0 Å². The summed E-state index contributed by atoms with van der Waals surface area (Å²) in [5.41, 5.74) is 2.36. The molecule has 90 valence electrons. The average Bonchev–Trinajstić information content (AvgIpc) is 2.73. The van der Waals surface area contributed by atoms with Crippen LogP contribution in [0.4, 0.5) is 4.39 Å². The lowest BCUT2D eigenvalue weighted by atomic mass is 9.77. The van der Waals surface area contributed by atoms with Crippen LogP contribution in [0, 0.1) is 5.82 Å². The summed E-state index contributed by atoms with van der Waals surface area (Å²) >= 11 is 0. The summed E-state index contributed by atoms with van der Waals surface area (Å²) in [6.07, 6.45) is 4.28. The van der Waals surface area contributed by atoms with Gasteiger partial charge in [-0.1, -0.05) is 39.8 Å². The number of hydrogen-bond acceptors (Lipinski definition) is 0. The zero-order valence-electron chi connectivity index (χ0n) is 10.9. The zero-order valence-corrected chi connectivity index (χ0v) is 10.9. The van der Waals surface area contributed by atoms with Gasteiger partial charge in [-0.3, -0.25) is 0 Å². The molecule has 0 amide bonds. The van der Waals surface area contributed by atoms with Crippen molar-refractivity contribution >= 4 is 0 Å². The van der Waals surface area contributed by atoms with Gasteiger partial charge in [0.1, 0.15) is 5.82 Å². The van der Waals surface area contributed by atoms with E-state index in [1.165, 1.54) is 5.56 Å². The Hall–Kier alpha value is -0.850. The van der Waals surface area contributed by atoms with Gasteiger partial charge in [-0.05, 0) is 48.3 Å². The Morgan fingerprint density at radius 2 is 1.81 bits per heavy atom. The number of benzene rings is 1. The Morgan fingerprint density at radius 3 is 2.38 bits per heavy atom. The topological polar surface area (TPSA) is 0 Å². The molecular formula is C15H23F. The van der Waals surface area contributed by atoms with Gasteiger partial charge in [-0.15, -0.1) is 0 Å². The van der Waals surface area contributed by atoms with Crippen LogP contribution in [0.1, 0.15) is 58.1 Å². The predicted octanol–water partition coefficient (Wildman–Crippen LogP) is 4.86. The highest BCUT2D eigenvalue weighted by Crippen LogP contribution is 2.44. The lowest BCUT2D eigenvalue weighted by molar-refractivity contribution is 0.379. The first-order valence-corrected chi connectivity index (χ1v) is 6.51. The van der Waals surface area contributed by atoms with Crippen molar-refractivity contribution in [3.63, 3.8) is 0 Å². The minimum absolute atomic E-state index is 0.00343. The molecule has 0 aromatic heterocycles. The van der Waals surface area contributed by atoms with Gasteiger partial charge in [-0.2, -0.15) is 0 Å². The third kappa shape index (κ3) is 2.00. The Labute approximate surface area is 98.9 Å². The van der Waals surface area contributed by atoms with Gasteiger partial charge in [-0.25, -0.2) is 4.39 Å². The van der Waals surface area contributed by atoms with Crippen LogP contribution in [0.15, 0.2) is 18.2 Å². The SMILES string of the molecule is CC.CCC1(CC)CCc2cccc(F)c21. The van der Waals surface area contributed by atoms with Crippen molar-refractivity contribution in [2.24, 2.45) is 0 Å². The maximum Gasteiger partial charge on any atom is 0.127 e. The fraction of sp³-hybridized carbons (Fsp3) is 0.600. The molecule has 0 heterocycles.